The monoisotopic (exact) mass is 324 g/mol. The van der Waals surface area contributed by atoms with Crippen LogP contribution in [-0.4, -0.2) is 44.1 Å². The fourth-order valence-corrected chi connectivity index (χ4v) is 2.84. The SMILES string of the molecule is COc1ccccc1/C=C/C(=O)N1CCN(c2cc[nH+]cc2)CC1. The Balaban J connectivity index is 1.58. The molecule has 0 aliphatic carbocycles. The molecule has 1 saturated heterocycles. The van der Waals surface area contributed by atoms with Crippen molar-refractivity contribution in [3.8, 4) is 5.75 Å². The summed E-state index contributed by atoms with van der Waals surface area (Å²) >= 11 is 0. The number of nitrogens with one attached hydrogen (secondary N) is 1. The van der Waals surface area contributed by atoms with Crippen molar-refractivity contribution in [2.24, 2.45) is 0 Å². The summed E-state index contributed by atoms with van der Waals surface area (Å²) < 4.78 is 5.30. The largest absolute Gasteiger partial charge is 0.496 e. The zero-order valence-electron chi connectivity index (χ0n) is 13.8. The van der Waals surface area contributed by atoms with Gasteiger partial charge in [-0.3, -0.25) is 4.79 Å². The molecule has 1 aliphatic rings. The molecular formula is C19H22N3O2+. The molecule has 2 aromatic rings. The quantitative estimate of drug-likeness (QED) is 0.807. The lowest BCUT2D eigenvalue weighted by Gasteiger charge is -2.35. The van der Waals surface area contributed by atoms with E-state index in [4.69, 9.17) is 4.74 Å². The number of pyridine rings is 1. The highest BCUT2D eigenvalue weighted by Crippen LogP contribution is 2.19. The molecule has 1 aromatic carbocycles. The lowest BCUT2D eigenvalue weighted by molar-refractivity contribution is -0.377. The van der Waals surface area contributed by atoms with Crippen molar-refractivity contribution < 1.29 is 14.5 Å². The summed E-state index contributed by atoms with van der Waals surface area (Å²) in [5.74, 6) is 0.814. The summed E-state index contributed by atoms with van der Waals surface area (Å²) in [6.07, 6.45) is 7.29. The first kappa shape index (κ1) is 16.1. The molecule has 124 valence electrons. The first-order valence-corrected chi connectivity index (χ1v) is 8.09. The highest BCUT2D eigenvalue weighted by Gasteiger charge is 2.20. The molecule has 5 nitrogen and oxygen atoms in total. The molecule has 1 N–H and O–H groups in total. The summed E-state index contributed by atoms with van der Waals surface area (Å²) in [5, 5.41) is 0. The van der Waals surface area contributed by atoms with Crippen LogP contribution in [0.1, 0.15) is 5.56 Å². The van der Waals surface area contributed by atoms with E-state index in [0.717, 1.165) is 37.5 Å². The van der Waals surface area contributed by atoms with Gasteiger partial charge in [0.05, 0.1) is 7.11 Å². The maximum Gasteiger partial charge on any atom is 0.246 e. The summed E-state index contributed by atoms with van der Waals surface area (Å²) in [6, 6.07) is 11.8. The lowest BCUT2D eigenvalue weighted by atomic mass is 10.2. The second-order valence-corrected chi connectivity index (χ2v) is 5.65. The zero-order valence-corrected chi connectivity index (χ0v) is 13.8. The maximum absolute atomic E-state index is 12.4. The van der Waals surface area contributed by atoms with Gasteiger partial charge in [0.15, 0.2) is 12.4 Å². The fraction of sp³-hybridized carbons (Fsp3) is 0.263. The molecule has 1 fully saturated rings. The first-order valence-electron chi connectivity index (χ1n) is 8.09. The van der Waals surface area contributed by atoms with Crippen LogP contribution in [0.2, 0.25) is 0 Å². The van der Waals surface area contributed by atoms with Gasteiger partial charge in [0, 0.05) is 55.6 Å². The Morgan fingerprint density at radius 3 is 2.50 bits per heavy atom. The van der Waals surface area contributed by atoms with E-state index in [1.807, 2.05) is 47.6 Å². The van der Waals surface area contributed by atoms with Gasteiger partial charge >= 0.3 is 0 Å². The molecule has 2 heterocycles. The van der Waals surface area contributed by atoms with Crippen LogP contribution >= 0.6 is 0 Å². The Hall–Kier alpha value is -2.82. The van der Waals surface area contributed by atoms with Crippen LogP contribution < -0.4 is 14.6 Å². The molecule has 0 saturated carbocycles. The van der Waals surface area contributed by atoms with Crippen LogP contribution in [0.4, 0.5) is 5.69 Å². The number of ether oxygens (including phenoxy) is 1. The van der Waals surface area contributed by atoms with Crippen molar-refractivity contribution in [2.45, 2.75) is 0 Å². The predicted octanol–water partition coefficient (Wildman–Crippen LogP) is 1.87. The minimum Gasteiger partial charge on any atom is -0.496 e. The molecule has 3 rings (SSSR count). The third-order valence-corrected chi connectivity index (χ3v) is 4.20. The number of carbonyl (C=O) groups is 1. The minimum absolute atomic E-state index is 0.0435. The number of carbonyl (C=O) groups excluding carboxylic acids is 1. The molecule has 24 heavy (non-hydrogen) atoms. The molecule has 1 aromatic heterocycles. The smallest absolute Gasteiger partial charge is 0.246 e. The van der Waals surface area contributed by atoms with Crippen LogP contribution in [0.15, 0.2) is 54.9 Å². The van der Waals surface area contributed by atoms with E-state index in [0.29, 0.717) is 0 Å². The fourth-order valence-electron chi connectivity index (χ4n) is 2.84. The zero-order chi connectivity index (χ0) is 16.8. The minimum atomic E-state index is 0.0435. The number of benzene rings is 1. The first-order chi connectivity index (χ1) is 11.8. The molecular weight excluding hydrogens is 302 g/mol. The molecule has 5 heteroatoms. The van der Waals surface area contributed by atoms with E-state index in [9.17, 15) is 4.79 Å². The van der Waals surface area contributed by atoms with Gasteiger partial charge in [-0.15, -0.1) is 0 Å². The average molecular weight is 324 g/mol. The van der Waals surface area contributed by atoms with Crippen molar-refractivity contribution in [1.29, 1.82) is 0 Å². The van der Waals surface area contributed by atoms with Gasteiger partial charge in [-0.2, -0.15) is 0 Å². The van der Waals surface area contributed by atoms with Crippen molar-refractivity contribution in [3.63, 3.8) is 0 Å². The molecule has 0 unspecified atom stereocenters. The van der Waals surface area contributed by atoms with Crippen molar-refractivity contribution in [1.82, 2.24) is 4.90 Å². The number of hydrogen-bond donors (Lipinski definition) is 0. The Bertz CT molecular complexity index is 708. The normalized spacial score (nSPS) is 14.9. The van der Waals surface area contributed by atoms with Gasteiger partial charge in [0.2, 0.25) is 5.91 Å². The van der Waals surface area contributed by atoms with E-state index in [2.05, 4.69) is 22.0 Å². The van der Waals surface area contributed by atoms with Crippen LogP contribution in [0.25, 0.3) is 6.08 Å². The molecule has 1 aliphatic heterocycles. The molecule has 0 bridgehead atoms. The number of methoxy groups -OCH3 is 1. The van der Waals surface area contributed by atoms with Crippen LogP contribution in [0.5, 0.6) is 5.75 Å². The number of hydrogen-bond acceptors (Lipinski definition) is 3. The van der Waals surface area contributed by atoms with Gasteiger partial charge in [-0.05, 0) is 12.1 Å². The summed E-state index contributed by atoms with van der Waals surface area (Å²) in [6.45, 7) is 3.15. The maximum atomic E-state index is 12.4. The topological polar surface area (TPSA) is 46.9 Å². The number of amides is 1. The Morgan fingerprint density at radius 1 is 1.08 bits per heavy atom. The van der Waals surface area contributed by atoms with Crippen LogP contribution in [0.3, 0.4) is 0 Å². The second-order valence-electron chi connectivity index (χ2n) is 5.65. The van der Waals surface area contributed by atoms with Crippen molar-refractivity contribution >= 4 is 17.7 Å². The van der Waals surface area contributed by atoms with E-state index < -0.39 is 0 Å². The van der Waals surface area contributed by atoms with Gasteiger partial charge in [0.1, 0.15) is 5.75 Å². The third-order valence-electron chi connectivity index (χ3n) is 4.20. The highest BCUT2D eigenvalue weighted by atomic mass is 16.5. The highest BCUT2D eigenvalue weighted by molar-refractivity contribution is 5.92. The number of nitrogens with zero attached hydrogens (tertiary/aromatic N) is 2. The van der Waals surface area contributed by atoms with Crippen molar-refractivity contribution in [3.05, 3.63) is 60.4 Å². The van der Waals surface area contributed by atoms with Crippen LogP contribution in [-0.2, 0) is 4.79 Å². The molecule has 1 amide bonds. The standard InChI is InChI=1S/C19H21N3O2/c1-24-18-5-3-2-4-16(18)6-7-19(23)22-14-12-21(13-15-22)17-8-10-20-11-9-17/h2-11H,12-15H2,1H3/p+1/b7-6+. The number of para-hydroxylation sites is 1. The molecule has 0 atom stereocenters. The predicted molar refractivity (Wildman–Crippen MR) is 93.8 cm³/mol. The average Bonchev–Trinajstić information content (AvgIpc) is 2.67. The van der Waals surface area contributed by atoms with E-state index >= 15 is 0 Å². The summed E-state index contributed by atoms with van der Waals surface area (Å²) in [5.41, 5.74) is 2.10. The number of piperazine rings is 1. The lowest BCUT2D eigenvalue weighted by Crippen LogP contribution is -2.48. The number of anilines is 1. The van der Waals surface area contributed by atoms with Gasteiger partial charge in [-0.25, -0.2) is 4.98 Å². The number of aromatic amines is 1. The Labute approximate surface area is 142 Å². The third kappa shape index (κ3) is 3.74. The second kappa shape index (κ2) is 7.64. The van der Waals surface area contributed by atoms with Gasteiger partial charge in [-0.1, -0.05) is 18.2 Å². The number of aromatic nitrogens is 1. The van der Waals surface area contributed by atoms with Crippen molar-refractivity contribution in [2.75, 3.05) is 38.2 Å². The van der Waals surface area contributed by atoms with Gasteiger partial charge in [0.25, 0.3) is 0 Å². The Kier molecular flexibility index (Phi) is 5.11. The molecule has 0 radical (unpaired) electrons. The van der Waals surface area contributed by atoms with E-state index in [1.165, 1.54) is 5.69 Å². The van der Waals surface area contributed by atoms with E-state index in [1.54, 1.807) is 13.2 Å². The number of H-pyrrole nitrogens is 1. The summed E-state index contributed by atoms with van der Waals surface area (Å²) in [4.78, 5) is 19.6. The van der Waals surface area contributed by atoms with Gasteiger partial charge < -0.3 is 14.5 Å². The molecule has 0 spiro atoms. The number of rotatable bonds is 4. The summed E-state index contributed by atoms with van der Waals surface area (Å²) in [7, 11) is 1.63. The van der Waals surface area contributed by atoms with Crippen LogP contribution in [0, 0.1) is 0 Å². The Morgan fingerprint density at radius 2 is 1.79 bits per heavy atom. The van der Waals surface area contributed by atoms with E-state index in [-0.39, 0.29) is 5.91 Å².